The molecule has 7 nitrogen and oxygen atoms in total. The zero-order valence-corrected chi connectivity index (χ0v) is 18.6. The molecule has 2 heterocycles. The summed E-state index contributed by atoms with van der Waals surface area (Å²) in [6.07, 6.45) is 0.412. The van der Waals surface area contributed by atoms with E-state index in [1.54, 1.807) is 34.8 Å². The minimum atomic E-state index is -3.66. The highest BCUT2D eigenvalue weighted by Gasteiger charge is 2.17. The molecule has 0 saturated carbocycles. The van der Waals surface area contributed by atoms with E-state index in [-0.39, 0.29) is 17.3 Å². The molecule has 0 aliphatic rings. The fraction of sp³-hybridized carbons (Fsp3) is 0.238. The van der Waals surface area contributed by atoms with Gasteiger partial charge in [-0.2, -0.15) is 4.98 Å². The van der Waals surface area contributed by atoms with Gasteiger partial charge in [0, 0.05) is 18.3 Å². The molecule has 0 aliphatic heterocycles. The molecule has 1 N–H and O–H groups in total. The molecule has 0 fully saturated rings. The van der Waals surface area contributed by atoms with Crippen LogP contribution >= 0.6 is 11.3 Å². The molecular weight excluding hydrogens is 439 g/mol. The Morgan fingerprint density at radius 2 is 2.03 bits per heavy atom. The number of ether oxygens (including phenoxy) is 1. The molecule has 0 aliphatic carbocycles. The molecular formula is C21H21FN4O3S2. The standard InChI is InChI=1S/C21H21FN4O3S2/c1-3-29-19-9-8-16(12-14(19)2)31(27,28)23-11-10-15-13-30-21-24-20(25-26(15)21)17-6-4-5-7-18(17)22/h4-9,12-13,23H,3,10-11H2,1-2H3. The second kappa shape index (κ2) is 8.74. The molecule has 0 radical (unpaired) electrons. The Balaban J connectivity index is 1.47. The van der Waals surface area contributed by atoms with Crippen molar-refractivity contribution in [1.82, 2.24) is 19.3 Å². The predicted octanol–water partition coefficient (Wildman–Crippen LogP) is 3.83. The third kappa shape index (κ3) is 4.46. The van der Waals surface area contributed by atoms with Crippen molar-refractivity contribution < 1.29 is 17.5 Å². The second-order valence-electron chi connectivity index (χ2n) is 6.84. The lowest BCUT2D eigenvalue weighted by Gasteiger charge is -2.10. The van der Waals surface area contributed by atoms with Crippen LogP contribution in [0.2, 0.25) is 0 Å². The van der Waals surface area contributed by atoms with Crippen molar-refractivity contribution in [1.29, 1.82) is 0 Å². The summed E-state index contributed by atoms with van der Waals surface area (Å²) < 4.78 is 49.0. The van der Waals surface area contributed by atoms with E-state index in [0.29, 0.717) is 35.1 Å². The Morgan fingerprint density at radius 3 is 2.77 bits per heavy atom. The van der Waals surface area contributed by atoms with Crippen molar-refractivity contribution >= 4 is 26.3 Å². The maximum atomic E-state index is 14.0. The first-order valence-electron chi connectivity index (χ1n) is 9.70. The number of sulfonamides is 1. The number of halogens is 1. The highest BCUT2D eigenvalue weighted by Crippen LogP contribution is 2.24. The van der Waals surface area contributed by atoms with Gasteiger partial charge in [0.05, 0.1) is 22.8 Å². The largest absolute Gasteiger partial charge is 0.494 e. The highest BCUT2D eigenvalue weighted by molar-refractivity contribution is 7.89. The molecule has 4 rings (SSSR count). The van der Waals surface area contributed by atoms with E-state index in [9.17, 15) is 12.8 Å². The van der Waals surface area contributed by atoms with E-state index in [1.165, 1.54) is 23.5 Å². The molecule has 0 amide bonds. The lowest BCUT2D eigenvalue weighted by Crippen LogP contribution is -2.26. The number of aromatic nitrogens is 3. The van der Waals surface area contributed by atoms with Crippen LogP contribution in [0.5, 0.6) is 5.75 Å². The number of fused-ring (bicyclic) bond motifs is 1. The van der Waals surface area contributed by atoms with E-state index in [2.05, 4.69) is 14.8 Å². The average Bonchev–Trinajstić information content (AvgIpc) is 3.31. The van der Waals surface area contributed by atoms with E-state index < -0.39 is 10.0 Å². The molecule has 2 aromatic carbocycles. The van der Waals surface area contributed by atoms with Crippen LogP contribution in [0.15, 0.2) is 52.7 Å². The number of nitrogens with zero attached hydrogens (tertiary/aromatic N) is 3. The molecule has 10 heteroatoms. The molecule has 0 saturated heterocycles. The summed E-state index contributed by atoms with van der Waals surface area (Å²) in [7, 11) is -3.66. The number of benzene rings is 2. The van der Waals surface area contributed by atoms with Crippen LogP contribution in [0.3, 0.4) is 0 Å². The van der Waals surface area contributed by atoms with E-state index in [0.717, 1.165) is 11.3 Å². The van der Waals surface area contributed by atoms with Crippen LogP contribution in [0.25, 0.3) is 16.3 Å². The van der Waals surface area contributed by atoms with Gasteiger partial charge < -0.3 is 4.74 Å². The summed E-state index contributed by atoms with van der Waals surface area (Å²) in [5.41, 5.74) is 1.88. The van der Waals surface area contributed by atoms with E-state index in [4.69, 9.17) is 4.74 Å². The third-order valence-electron chi connectivity index (χ3n) is 4.69. The number of nitrogens with one attached hydrogen (secondary N) is 1. The SMILES string of the molecule is CCOc1ccc(S(=O)(=O)NCCc2csc3nc(-c4ccccc4F)nn23)cc1C. The van der Waals surface area contributed by atoms with Crippen LogP contribution < -0.4 is 9.46 Å². The van der Waals surface area contributed by atoms with Crippen molar-refractivity contribution in [2.24, 2.45) is 0 Å². The Bertz CT molecular complexity index is 1330. The minimum absolute atomic E-state index is 0.187. The lowest BCUT2D eigenvalue weighted by molar-refractivity contribution is 0.337. The van der Waals surface area contributed by atoms with Crippen molar-refractivity contribution in [3.05, 3.63) is 64.9 Å². The van der Waals surface area contributed by atoms with Crippen LogP contribution in [-0.4, -0.2) is 36.2 Å². The van der Waals surface area contributed by atoms with Gasteiger partial charge in [-0.15, -0.1) is 16.4 Å². The first kappa shape index (κ1) is 21.4. The lowest BCUT2D eigenvalue weighted by atomic mass is 10.2. The summed E-state index contributed by atoms with van der Waals surface area (Å²) in [5.74, 6) is 0.580. The van der Waals surface area contributed by atoms with Gasteiger partial charge in [0.15, 0.2) is 5.82 Å². The van der Waals surface area contributed by atoms with Gasteiger partial charge in [-0.05, 0) is 49.7 Å². The Morgan fingerprint density at radius 1 is 1.23 bits per heavy atom. The highest BCUT2D eigenvalue weighted by atomic mass is 32.2. The maximum Gasteiger partial charge on any atom is 0.240 e. The van der Waals surface area contributed by atoms with Crippen molar-refractivity contribution in [3.63, 3.8) is 0 Å². The fourth-order valence-electron chi connectivity index (χ4n) is 3.16. The normalized spacial score (nSPS) is 11.8. The number of hydrogen-bond donors (Lipinski definition) is 1. The molecule has 0 atom stereocenters. The molecule has 2 aromatic heterocycles. The molecule has 162 valence electrons. The summed E-state index contributed by atoms with van der Waals surface area (Å²) in [6.45, 7) is 4.39. The van der Waals surface area contributed by atoms with Gasteiger partial charge in [-0.3, -0.25) is 0 Å². The minimum Gasteiger partial charge on any atom is -0.494 e. The number of aryl methyl sites for hydroxylation is 1. The zero-order valence-electron chi connectivity index (χ0n) is 17.0. The smallest absolute Gasteiger partial charge is 0.240 e. The quantitative estimate of drug-likeness (QED) is 0.432. The molecule has 0 spiro atoms. The summed E-state index contributed by atoms with van der Waals surface area (Å²) in [5, 5.41) is 6.27. The van der Waals surface area contributed by atoms with Crippen LogP contribution in [0.4, 0.5) is 4.39 Å². The van der Waals surface area contributed by atoms with Crippen LogP contribution in [0, 0.1) is 12.7 Å². The van der Waals surface area contributed by atoms with E-state index in [1.807, 2.05) is 19.2 Å². The average molecular weight is 461 g/mol. The summed E-state index contributed by atoms with van der Waals surface area (Å²) >= 11 is 1.37. The first-order chi connectivity index (χ1) is 14.9. The number of hydrogen-bond acceptors (Lipinski definition) is 6. The maximum absolute atomic E-state index is 14.0. The van der Waals surface area contributed by atoms with Gasteiger partial charge in [-0.25, -0.2) is 22.0 Å². The van der Waals surface area contributed by atoms with Crippen molar-refractivity contribution in [2.45, 2.75) is 25.2 Å². The number of rotatable bonds is 8. The van der Waals surface area contributed by atoms with Crippen LogP contribution in [0.1, 0.15) is 18.2 Å². The monoisotopic (exact) mass is 460 g/mol. The second-order valence-corrected chi connectivity index (χ2v) is 9.45. The first-order valence-corrected chi connectivity index (χ1v) is 12.1. The molecule has 4 aromatic rings. The zero-order chi connectivity index (χ0) is 22.0. The summed E-state index contributed by atoms with van der Waals surface area (Å²) in [6, 6.07) is 11.1. The number of thiazole rings is 1. The predicted molar refractivity (Wildman–Crippen MR) is 117 cm³/mol. The fourth-order valence-corrected chi connectivity index (χ4v) is 5.13. The Labute approximate surface area is 183 Å². The van der Waals surface area contributed by atoms with Crippen LogP contribution in [-0.2, 0) is 16.4 Å². The molecule has 0 unspecified atom stereocenters. The third-order valence-corrected chi connectivity index (χ3v) is 7.02. The van der Waals surface area contributed by atoms with Gasteiger partial charge in [-0.1, -0.05) is 12.1 Å². The van der Waals surface area contributed by atoms with Crippen molar-refractivity contribution in [2.75, 3.05) is 13.2 Å². The Hall–Kier alpha value is -2.82. The summed E-state index contributed by atoms with van der Waals surface area (Å²) in [4.78, 5) is 5.19. The van der Waals surface area contributed by atoms with E-state index >= 15 is 0 Å². The molecule has 31 heavy (non-hydrogen) atoms. The van der Waals surface area contributed by atoms with Gasteiger partial charge in [0.2, 0.25) is 15.0 Å². The topological polar surface area (TPSA) is 85.6 Å². The molecule has 0 bridgehead atoms. The van der Waals surface area contributed by atoms with Gasteiger partial charge >= 0.3 is 0 Å². The van der Waals surface area contributed by atoms with Gasteiger partial charge in [0.1, 0.15) is 11.6 Å². The Kier molecular flexibility index (Phi) is 6.03. The van der Waals surface area contributed by atoms with Gasteiger partial charge in [0.25, 0.3) is 0 Å². The van der Waals surface area contributed by atoms with Crippen molar-refractivity contribution in [3.8, 4) is 17.1 Å².